The van der Waals surface area contributed by atoms with E-state index in [1.54, 1.807) is 19.1 Å². The zero-order chi connectivity index (χ0) is 19.2. The number of methoxy groups -OCH3 is 2. The Balaban J connectivity index is 1.51. The van der Waals surface area contributed by atoms with Crippen LogP contribution in [0.5, 0.6) is 11.5 Å². The van der Waals surface area contributed by atoms with Crippen molar-refractivity contribution in [2.24, 2.45) is 0 Å². The molecule has 1 atom stereocenters. The van der Waals surface area contributed by atoms with Gasteiger partial charge in [-0.25, -0.2) is 4.79 Å². The van der Waals surface area contributed by atoms with Crippen molar-refractivity contribution in [1.82, 2.24) is 10.6 Å². The van der Waals surface area contributed by atoms with Crippen LogP contribution < -0.4 is 25.0 Å². The molecule has 3 amide bonds. The number of carbonyl (C=O) groups is 2. The zero-order valence-electron chi connectivity index (χ0n) is 15.4. The van der Waals surface area contributed by atoms with Crippen molar-refractivity contribution in [3.63, 3.8) is 0 Å². The molecule has 0 saturated carbocycles. The molecule has 1 aliphatic heterocycles. The fourth-order valence-electron chi connectivity index (χ4n) is 2.99. The summed E-state index contributed by atoms with van der Waals surface area (Å²) in [5.74, 6) is 1.43. The molecule has 1 fully saturated rings. The standard InChI is InChI=1S/C20H23N3O4/c1-26-17-8-6-14(7-9-17)12-21-20(25)22-15-10-19(24)23(13-15)16-4-3-5-18(11-16)27-2/h3-9,11,15H,10,12-13H2,1-2H3,(H2,21,22,25). The van der Waals surface area contributed by atoms with Gasteiger partial charge < -0.3 is 25.0 Å². The Morgan fingerprint density at radius 1 is 1.11 bits per heavy atom. The maximum Gasteiger partial charge on any atom is 0.315 e. The largest absolute Gasteiger partial charge is 0.497 e. The summed E-state index contributed by atoms with van der Waals surface area (Å²) in [7, 11) is 3.20. The Labute approximate surface area is 158 Å². The first-order valence-corrected chi connectivity index (χ1v) is 8.71. The van der Waals surface area contributed by atoms with Crippen molar-refractivity contribution < 1.29 is 19.1 Å². The van der Waals surface area contributed by atoms with Crippen molar-refractivity contribution in [3.05, 3.63) is 54.1 Å². The molecule has 7 heteroatoms. The Kier molecular flexibility index (Phi) is 5.80. The number of urea groups is 1. The summed E-state index contributed by atoms with van der Waals surface area (Å²) in [4.78, 5) is 26.1. The van der Waals surface area contributed by atoms with Gasteiger partial charge in [0.25, 0.3) is 0 Å². The minimum Gasteiger partial charge on any atom is -0.497 e. The van der Waals surface area contributed by atoms with E-state index in [2.05, 4.69) is 10.6 Å². The molecule has 0 bridgehead atoms. The Morgan fingerprint density at radius 2 is 1.85 bits per heavy atom. The fourth-order valence-corrected chi connectivity index (χ4v) is 2.99. The molecule has 3 rings (SSSR count). The van der Waals surface area contributed by atoms with Crippen LogP contribution in [0, 0.1) is 0 Å². The lowest BCUT2D eigenvalue weighted by atomic mass is 10.2. The van der Waals surface area contributed by atoms with E-state index in [0.717, 1.165) is 17.0 Å². The summed E-state index contributed by atoms with van der Waals surface area (Å²) in [5.41, 5.74) is 1.73. The molecule has 142 valence electrons. The third-order valence-corrected chi connectivity index (χ3v) is 4.44. The second-order valence-corrected chi connectivity index (χ2v) is 6.28. The van der Waals surface area contributed by atoms with Crippen LogP contribution in [0.4, 0.5) is 10.5 Å². The summed E-state index contributed by atoms with van der Waals surface area (Å²) < 4.78 is 10.3. The average Bonchev–Trinajstić information content (AvgIpc) is 3.06. The first kappa shape index (κ1) is 18.6. The van der Waals surface area contributed by atoms with Crippen LogP contribution in [0.15, 0.2) is 48.5 Å². The third kappa shape index (κ3) is 4.69. The maximum atomic E-state index is 12.3. The second-order valence-electron chi connectivity index (χ2n) is 6.28. The smallest absolute Gasteiger partial charge is 0.315 e. The molecule has 2 N–H and O–H groups in total. The number of rotatable bonds is 6. The van der Waals surface area contributed by atoms with Gasteiger partial charge in [-0.1, -0.05) is 18.2 Å². The van der Waals surface area contributed by atoms with Gasteiger partial charge in [-0.05, 0) is 29.8 Å². The average molecular weight is 369 g/mol. The predicted octanol–water partition coefficient (Wildman–Crippen LogP) is 2.31. The number of hydrogen-bond acceptors (Lipinski definition) is 4. The van der Waals surface area contributed by atoms with Crippen molar-refractivity contribution in [3.8, 4) is 11.5 Å². The van der Waals surface area contributed by atoms with E-state index in [4.69, 9.17) is 9.47 Å². The van der Waals surface area contributed by atoms with E-state index in [1.807, 2.05) is 48.5 Å². The van der Waals surface area contributed by atoms with E-state index in [0.29, 0.717) is 18.8 Å². The topological polar surface area (TPSA) is 79.9 Å². The summed E-state index contributed by atoms with van der Waals surface area (Å²) in [6, 6.07) is 14.3. The molecule has 7 nitrogen and oxygen atoms in total. The van der Waals surface area contributed by atoms with Crippen LogP contribution in [0.3, 0.4) is 0 Å². The van der Waals surface area contributed by atoms with Crippen molar-refractivity contribution in [2.45, 2.75) is 19.0 Å². The number of nitrogens with one attached hydrogen (secondary N) is 2. The highest BCUT2D eigenvalue weighted by Gasteiger charge is 2.31. The quantitative estimate of drug-likeness (QED) is 0.819. The number of anilines is 1. The normalized spacial score (nSPS) is 16.1. The number of hydrogen-bond donors (Lipinski definition) is 2. The lowest BCUT2D eigenvalue weighted by Crippen LogP contribution is -2.43. The summed E-state index contributed by atoms with van der Waals surface area (Å²) in [6.45, 7) is 0.831. The Bertz CT molecular complexity index is 807. The fraction of sp³-hybridized carbons (Fsp3) is 0.300. The summed E-state index contributed by atoms with van der Waals surface area (Å²) in [6.07, 6.45) is 0.271. The van der Waals surface area contributed by atoms with Gasteiger partial charge in [0.05, 0.1) is 20.3 Å². The Hall–Kier alpha value is -3.22. The molecule has 1 aliphatic rings. The van der Waals surface area contributed by atoms with E-state index in [9.17, 15) is 9.59 Å². The van der Waals surface area contributed by atoms with Gasteiger partial charge in [0.1, 0.15) is 11.5 Å². The Morgan fingerprint density at radius 3 is 2.56 bits per heavy atom. The van der Waals surface area contributed by atoms with Crippen LogP contribution >= 0.6 is 0 Å². The first-order valence-electron chi connectivity index (χ1n) is 8.71. The highest BCUT2D eigenvalue weighted by Crippen LogP contribution is 2.25. The molecule has 1 heterocycles. The lowest BCUT2D eigenvalue weighted by Gasteiger charge is -2.18. The molecule has 0 spiro atoms. The van der Waals surface area contributed by atoms with E-state index < -0.39 is 0 Å². The molecule has 2 aromatic rings. The number of benzene rings is 2. The third-order valence-electron chi connectivity index (χ3n) is 4.44. The lowest BCUT2D eigenvalue weighted by molar-refractivity contribution is -0.117. The molecular formula is C20H23N3O4. The summed E-state index contributed by atoms with van der Waals surface area (Å²) >= 11 is 0. The maximum absolute atomic E-state index is 12.3. The van der Waals surface area contributed by atoms with Crippen molar-refractivity contribution in [1.29, 1.82) is 0 Å². The van der Waals surface area contributed by atoms with Crippen LogP contribution in [-0.2, 0) is 11.3 Å². The monoisotopic (exact) mass is 369 g/mol. The molecule has 27 heavy (non-hydrogen) atoms. The molecule has 2 aromatic carbocycles. The van der Waals surface area contributed by atoms with Gasteiger partial charge in [-0.2, -0.15) is 0 Å². The van der Waals surface area contributed by atoms with Crippen LogP contribution in [0.2, 0.25) is 0 Å². The van der Waals surface area contributed by atoms with Crippen LogP contribution in [0.25, 0.3) is 0 Å². The predicted molar refractivity (Wildman–Crippen MR) is 102 cm³/mol. The number of ether oxygens (including phenoxy) is 2. The van der Waals surface area contributed by atoms with Gasteiger partial charge in [0.15, 0.2) is 0 Å². The first-order chi connectivity index (χ1) is 13.1. The number of nitrogens with zero attached hydrogens (tertiary/aromatic N) is 1. The number of carbonyl (C=O) groups excluding carboxylic acids is 2. The van der Waals surface area contributed by atoms with E-state index in [-0.39, 0.29) is 24.4 Å². The van der Waals surface area contributed by atoms with E-state index in [1.165, 1.54) is 0 Å². The van der Waals surface area contributed by atoms with Gasteiger partial charge in [0.2, 0.25) is 5.91 Å². The van der Waals surface area contributed by atoms with E-state index >= 15 is 0 Å². The van der Waals surface area contributed by atoms with Gasteiger partial charge in [-0.3, -0.25) is 4.79 Å². The van der Waals surface area contributed by atoms with Gasteiger partial charge in [0, 0.05) is 31.3 Å². The molecule has 0 radical (unpaired) electrons. The molecule has 1 saturated heterocycles. The van der Waals surface area contributed by atoms with Crippen LogP contribution in [0.1, 0.15) is 12.0 Å². The molecular weight excluding hydrogens is 346 g/mol. The van der Waals surface area contributed by atoms with Gasteiger partial charge >= 0.3 is 6.03 Å². The van der Waals surface area contributed by atoms with Crippen LogP contribution in [-0.4, -0.2) is 38.7 Å². The summed E-state index contributed by atoms with van der Waals surface area (Å²) in [5, 5.41) is 5.67. The van der Waals surface area contributed by atoms with Gasteiger partial charge in [-0.15, -0.1) is 0 Å². The minimum atomic E-state index is -0.295. The number of amides is 3. The molecule has 0 aromatic heterocycles. The minimum absolute atomic E-state index is 0.0243. The van der Waals surface area contributed by atoms with Crippen molar-refractivity contribution >= 4 is 17.6 Å². The highest BCUT2D eigenvalue weighted by atomic mass is 16.5. The molecule has 0 aliphatic carbocycles. The zero-order valence-corrected chi connectivity index (χ0v) is 15.4. The SMILES string of the molecule is COc1ccc(CNC(=O)NC2CC(=O)N(c3cccc(OC)c3)C2)cc1. The highest BCUT2D eigenvalue weighted by molar-refractivity contribution is 5.97. The second kappa shape index (κ2) is 8.44. The molecule has 1 unspecified atom stereocenters. The van der Waals surface area contributed by atoms with Crippen molar-refractivity contribution in [2.75, 3.05) is 25.7 Å².